The molecule has 1 unspecified atom stereocenters. The third kappa shape index (κ3) is 2.87. The Morgan fingerprint density at radius 1 is 1.55 bits per heavy atom. The first-order valence-corrected chi connectivity index (χ1v) is 6.66. The van der Waals surface area contributed by atoms with Crippen molar-refractivity contribution in [1.82, 2.24) is 4.98 Å². The van der Waals surface area contributed by atoms with Gasteiger partial charge < -0.3 is 10.2 Å². The van der Waals surface area contributed by atoms with Gasteiger partial charge in [-0.3, -0.25) is 15.1 Å². The summed E-state index contributed by atoms with van der Waals surface area (Å²) in [5.74, 6) is -0.699. The minimum absolute atomic E-state index is 0.0664. The van der Waals surface area contributed by atoms with Crippen LogP contribution in [0.5, 0.6) is 0 Å². The SMILES string of the molecule is O=[N+]([O-])c1cc(F)c(SCC(O)CO)c2ncccc12. The van der Waals surface area contributed by atoms with E-state index in [0.29, 0.717) is 0 Å². The van der Waals surface area contributed by atoms with Crippen molar-refractivity contribution < 1.29 is 19.5 Å². The van der Waals surface area contributed by atoms with Gasteiger partial charge in [-0.1, -0.05) is 0 Å². The van der Waals surface area contributed by atoms with Gasteiger partial charge in [-0.25, -0.2) is 4.39 Å². The van der Waals surface area contributed by atoms with Gasteiger partial charge in [0.2, 0.25) is 0 Å². The monoisotopic (exact) mass is 298 g/mol. The van der Waals surface area contributed by atoms with Crippen molar-refractivity contribution in [3.8, 4) is 0 Å². The lowest BCUT2D eigenvalue weighted by molar-refractivity contribution is -0.383. The number of halogens is 1. The van der Waals surface area contributed by atoms with Crippen LogP contribution in [0, 0.1) is 15.9 Å². The van der Waals surface area contributed by atoms with Crippen LogP contribution in [0.4, 0.5) is 10.1 Å². The number of nitro benzene ring substituents is 1. The van der Waals surface area contributed by atoms with E-state index in [4.69, 9.17) is 5.11 Å². The Balaban J connectivity index is 2.52. The molecule has 0 saturated carbocycles. The molecule has 0 spiro atoms. The minimum Gasteiger partial charge on any atom is -0.394 e. The fourth-order valence-electron chi connectivity index (χ4n) is 1.69. The first-order chi connectivity index (χ1) is 9.54. The largest absolute Gasteiger partial charge is 0.394 e. The molecule has 2 rings (SSSR count). The Labute approximate surface area is 117 Å². The fraction of sp³-hybridized carbons (Fsp3) is 0.250. The highest BCUT2D eigenvalue weighted by Crippen LogP contribution is 2.35. The number of nitro groups is 1. The summed E-state index contributed by atoms with van der Waals surface area (Å²) in [7, 11) is 0. The summed E-state index contributed by atoms with van der Waals surface area (Å²) in [5, 5.41) is 29.2. The van der Waals surface area contributed by atoms with Gasteiger partial charge in [0.15, 0.2) is 0 Å². The molecular weight excluding hydrogens is 287 g/mol. The highest BCUT2D eigenvalue weighted by Gasteiger charge is 2.20. The van der Waals surface area contributed by atoms with Crippen molar-refractivity contribution in [2.75, 3.05) is 12.4 Å². The van der Waals surface area contributed by atoms with Gasteiger partial charge in [0.25, 0.3) is 5.69 Å². The lowest BCUT2D eigenvalue weighted by Crippen LogP contribution is -2.14. The van der Waals surface area contributed by atoms with E-state index in [2.05, 4.69) is 4.98 Å². The Morgan fingerprint density at radius 2 is 2.30 bits per heavy atom. The molecule has 0 fully saturated rings. The number of aliphatic hydroxyl groups excluding tert-OH is 2. The van der Waals surface area contributed by atoms with E-state index in [1.165, 1.54) is 18.3 Å². The van der Waals surface area contributed by atoms with Crippen LogP contribution < -0.4 is 0 Å². The van der Waals surface area contributed by atoms with E-state index in [1.54, 1.807) is 0 Å². The first kappa shape index (κ1) is 14.6. The number of non-ortho nitro benzene ring substituents is 1. The van der Waals surface area contributed by atoms with Crippen molar-refractivity contribution in [2.24, 2.45) is 0 Å². The number of rotatable bonds is 5. The maximum atomic E-state index is 14.0. The maximum Gasteiger partial charge on any atom is 0.281 e. The quantitative estimate of drug-likeness (QED) is 0.496. The van der Waals surface area contributed by atoms with Gasteiger partial charge in [0.1, 0.15) is 5.82 Å². The van der Waals surface area contributed by atoms with Crippen molar-refractivity contribution in [1.29, 1.82) is 0 Å². The van der Waals surface area contributed by atoms with E-state index in [0.717, 1.165) is 17.8 Å². The van der Waals surface area contributed by atoms with E-state index in [1.807, 2.05) is 0 Å². The summed E-state index contributed by atoms with van der Waals surface area (Å²) in [6.45, 7) is -0.438. The third-order valence-electron chi connectivity index (χ3n) is 2.61. The van der Waals surface area contributed by atoms with Crippen molar-refractivity contribution >= 4 is 28.4 Å². The minimum atomic E-state index is -0.992. The molecule has 2 aromatic rings. The molecule has 0 radical (unpaired) electrons. The summed E-state index contributed by atoms with van der Waals surface area (Å²) >= 11 is 0.960. The second-order valence-electron chi connectivity index (χ2n) is 4.01. The maximum absolute atomic E-state index is 14.0. The van der Waals surface area contributed by atoms with Crippen LogP contribution >= 0.6 is 11.8 Å². The summed E-state index contributed by atoms with van der Waals surface area (Å²) in [5.41, 5.74) is -0.174. The van der Waals surface area contributed by atoms with Crippen molar-refractivity contribution in [3.05, 3.63) is 40.3 Å². The number of aliphatic hydroxyl groups is 2. The molecule has 2 N–H and O–H groups in total. The van der Waals surface area contributed by atoms with Gasteiger partial charge in [-0.2, -0.15) is 0 Å². The van der Waals surface area contributed by atoms with Crippen LogP contribution in [0.2, 0.25) is 0 Å². The number of thioether (sulfide) groups is 1. The summed E-state index contributed by atoms with van der Waals surface area (Å²) in [4.78, 5) is 14.4. The topological polar surface area (TPSA) is 96.5 Å². The Morgan fingerprint density at radius 3 is 2.95 bits per heavy atom. The molecule has 20 heavy (non-hydrogen) atoms. The summed E-state index contributed by atoms with van der Waals surface area (Å²) < 4.78 is 14.0. The van der Waals surface area contributed by atoms with Crippen LogP contribution in [0.3, 0.4) is 0 Å². The zero-order valence-corrected chi connectivity index (χ0v) is 11.0. The smallest absolute Gasteiger partial charge is 0.281 e. The standard InChI is InChI=1S/C12H11FN2O4S/c13-9-4-10(15(18)19)8-2-1-3-14-11(8)12(9)20-6-7(17)5-16/h1-4,7,16-17H,5-6H2. The van der Waals surface area contributed by atoms with Gasteiger partial charge in [-0.15, -0.1) is 11.8 Å². The van der Waals surface area contributed by atoms with E-state index < -0.39 is 23.5 Å². The molecule has 1 aromatic heterocycles. The van der Waals surface area contributed by atoms with Crippen molar-refractivity contribution in [3.63, 3.8) is 0 Å². The third-order valence-corrected chi connectivity index (χ3v) is 3.84. The highest BCUT2D eigenvalue weighted by molar-refractivity contribution is 7.99. The number of fused-ring (bicyclic) bond motifs is 1. The fourth-order valence-corrected chi connectivity index (χ4v) is 2.65. The van der Waals surface area contributed by atoms with Crippen LogP contribution in [0.25, 0.3) is 10.9 Å². The molecule has 0 amide bonds. The van der Waals surface area contributed by atoms with Crippen molar-refractivity contribution in [2.45, 2.75) is 11.0 Å². The normalized spacial score (nSPS) is 12.6. The predicted octanol–water partition coefficient (Wildman–Crippen LogP) is 1.73. The van der Waals surface area contributed by atoms with E-state index in [9.17, 15) is 19.6 Å². The molecule has 6 nitrogen and oxygen atoms in total. The molecule has 1 heterocycles. The molecule has 0 aliphatic rings. The zero-order chi connectivity index (χ0) is 14.7. The lowest BCUT2D eigenvalue weighted by Gasteiger charge is -2.09. The molecule has 0 saturated heterocycles. The average Bonchev–Trinajstić information content (AvgIpc) is 2.45. The molecule has 106 valence electrons. The number of hydrogen-bond donors (Lipinski definition) is 2. The van der Waals surface area contributed by atoms with Crippen LogP contribution in [0.15, 0.2) is 29.3 Å². The van der Waals surface area contributed by atoms with Crippen LogP contribution in [-0.4, -0.2) is 38.6 Å². The first-order valence-electron chi connectivity index (χ1n) is 5.68. The number of hydrogen-bond acceptors (Lipinski definition) is 6. The lowest BCUT2D eigenvalue weighted by atomic mass is 10.2. The zero-order valence-electron chi connectivity index (χ0n) is 10.2. The molecule has 8 heteroatoms. The second-order valence-corrected chi connectivity index (χ2v) is 5.04. The van der Waals surface area contributed by atoms with Gasteiger partial charge in [0, 0.05) is 11.9 Å². The average molecular weight is 298 g/mol. The van der Waals surface area contributed by atoms with Crippen LogP contribution in [-0.2, 0) is 0 Å². The van der Waals surface area contributed by atoms with Gasteiger partial charge in [-0.05, 0) is 12.1 Å². The Bertz CT molecular complexity index is 653. The molecule has 0 bridgehead atoms. The number of pyridine rings is 1. The number of benzene rings is 1. The van der Waals surface area contributed by atoms with E-state index >= 15 is 0 Å². The molecule has 0 aliphatic heterocycles. The number of nitrogens with zero attached hydrogens (tertiary/aromatic N) is 2. The summed E-state index contributed by atoms with van der Waals surface area (Å²) in [6, 6.07) is 3.87. The Kier molecular flexibility index (Phi) is 4.48. The number of aromatic nitrogens is 1. The van der Waals surface area contributed by atoms with Crippen LogP contribution in [0.1, 0.15) is 0 Å². The molecular formula is C12H11FN2O4S. The molecule has 1 aromatic carbocycles. The van der Waals surface area contributed by atoms with E-state index in [-0.39, 0.29) is 27.2 Å². The molecule has 1 atom stereocenters. The Hall–Kier alpha value is -1.77. The highest BCUT2D eigenvalue weighted by atomic mass is 32.2. The predicted molar refractivity (Wildman–Crippen MR) is 72.2 cm³/mol. The van der Waals surface area contributed by atoms with Gasteiger partial charge >= 0.3 is 0 Å². The second kappa shape index (κ2) is 6.12. The molecule has 0 aliphatic carbocycles. The van der Waals surface area contributed by atoms with Gasteiger partial charge in [0.05, 0.1) is 39.5 Å². The summed E-state index contributed by atoms with van der Waals surface area (Å²) in [6.07, 6.45) is 0.422.